The van der Waals surface area contributed by atoms with Crippen molar-refractivity contribution in [2.75, 3.05) is 12.4 Å². The molecule has 0 aliphatic carbocycles. The summed E-state index contributed by atoms with van der Waals surface area (Å²) in [5.74, 6) is 0.723. The molecule has 6 rings (SSSR count). The summed E-state index contributed by atoms with van der Waals surface area (Å²) in [5, 5.41) is 4.18. The standard InChI is InChI=1S/C29H26N4O3/c1-17-10-9-11-18(16-17)25-23-26(31(2)29(35)32(3)28(23)34)27-24(19-12-5-8-15-22(19)36-4)30-20-13-6-7-14-21(20)33(25)27/h5-16,24,30H,1-4H3. The molecular weight excluding hydrogens is 452 g/mol. The summed E-state index contributed by atoms with van der Waals surface area (Å²) >= 11 is 0. The Morgan fingerprint density at radius 3 is 2.42 bits per heavy atom. The summed E-state index contributed by atoms with van der Waals surface area (Å²) in [4.78, 5) is 26.9. The van der Waals surface area contributed by atoms with Gasteiger partial charge in [0.05, 0.1) is 46.8 Å². The van der Waals surface area contributed by atoms with E-state index in [0.717, 1.165) is 45.2 Å². The van der Waals surface area contributed by atoms with Crippen molar-refractivity contribution in [2.24, 2.45) is 14.1 Å². The second kappa shape index (κ2) is 8.02. The zero-order valence-corrected chi connectivity index (χ0v) is 20.6. The smallest absolute Gasteiger partial charge is 0.331 e. The summed E-state index contributed by atoms with van der Waals surface area (Å²) in [6.07, 6.45) is 0. The minimum Gasteiger partial charge on any atom is -0.496 e. The lowest BCUT2D eigenvalue weighted by Gasteiger charge is -2.31. The molecule has 0 bridgehead atoms. The fourth-order valence-electron chi connectivity index (χ4n) is 5.42. The van der Waals surface area contributed by atoms with Crippen LogP contribution < -0.4 is 21.3 Å². The maximum atomic E-state index is 13.8. The summed E-state index contributed by atoms with van der Waals surface area (Å²) in [5.41, 5.74) is 6.28. The highest BCUT2D eigenvalue weighted by Gasteiger charge is 2.35. The van der Waals surface area contributed by atoms with Crippen molar-refractivity contribution in [3.63, 3.8) is 0 Å². The van der Waals surface area contributed by atoms with Gasteiger partial charge in [0, 0.05) is 19.7 Å². The number of benzene rings is 3. The lowest BCUT2D eigenvalue weighted by molar-refractivity contribution is 0.408. The van der Waals surface area contributed by atoms with Crippen molar-refractivity contribution in [2.45, 2.75) is 13.0 Å². The number of hydrogen-bond acceptors (Lipinski definition) is 4. The molecule has 0 saturated heterocycles. The van der Waals surface area contributed by atoms with Crippen LogP contribution in [0.4, 0.5) is 5.69 Å². The number of para-hydroxylation sites is 3. The minimum absolute atomic E-state index is 0.317. The van der Waals surface area contributed by atoms with Crippen molar-refractivity contribution in [3.05, 3.63) is 110 Å². The molecule has 7 heteroatoms. The number of nitrogens with zero attached hydrogens (tertiary/aromatic N) is 3. The number of aryl methyl sites for hydroxylation is 2. The van der Waals surface area contributed by atoms with Crippen LogP contribution in [0.3, 0.4) is 0 Å². The fourth-order valence-corrected chi connectivity index (χ4v) is 5.42. The molecule has 0 amide bonds. The molecule has 3 heterocycles. The molecule has 1 aliphatic heterocycles. The Kier molecular flexibility index (Phi) is 4.89. The number of anilines is 1. The quantitative estimate of drug-likeness (QED) is 0.414. The van der Waals surface area contributed by atoms with Crippen molar-refractivity contribution < 1.29 is 4.74 Å². The van der Waals surface area contributed by atoms with Crippen LogP contribution in [0.2, 0.25) is 0 Å². The van der Waals surface area contributed by atoms with Crippen LogP contribution in [-0.2, 0) is 14.1 Å². The zero-order valence-electron chi connectivity index (χ0n) is 20.6. The van der Waals surface area contributed by atoms with Crippen LogP contribution in [0.25, 0.3) is 27.8 Å². The summed E-state index contributed by atoms with van der Waals surface area (Å²) in [6, 6.07) is 23.6. The molecule has 1 N–H and O–H groups in total. The van der Waals surface area contributed by atoms with Gasteiger partial charge in [0.1, 0.15) is 5.75 Å². The Balaban J connectivity index is 1.88. The molecule has 0 radical (unpaired) electrons. The van der Waals surface area contributed by atoms with E-state index in [0.29, 0.717) is 10.9 Å². The lowest BCUT2D eigenvalue weighted by Crippen LogP contribution is -2.37. The molecule has 36 heavy (non-hydrogen) atoms. The number of rotatable bonds is 3. The molecule has 0 spiro atoms. The second-order valence-corrected chi connectivity index (χ2v) is 9.20. The van der Waals surface area contributed by atoms with Crippen LogP contribution in [0.1, 0.15) is 22.9 Å². The molecule has 1 atom stereocenters. The van der Waals surface area contributed by atoms with Gasteiger partial charge < -0.3 is 14.6 Å². The van der Waals surface area contributed by atoms with Gasteiger partial charge in [-0.3, -0.25) is 13.9 Å². The highest BCUT2D eigenvalue weighted by atomic mass is 16.5. The van der Waals surface area contributed by atoms with E-state index in [2.05, 4.69) is 16.0 Å². The first-order chi connectivity index (χ1) is 17.4. The van der Waals surface area contributed by atoms with Crippen LogP contribution in [0.15, 0.2) is 82.4 Å². The Bertz CT molecular complexity index is 1790. The van der Waals surface area contributed by atoms with Gasteiger partial charge in [-0.15, -0.1) is 0 Å². The van der Waals surface area contributed by atoms with Crippen LogP contribution in [0, 0.1) is 6.92 Å². The van der Waals surface area contributed by atoms with E-state index in [-0.39, 0.29) is 17.3 Å². The van der Waals surface area contributed by atoms with Crippen molar-refractivity contribution in [1.82, 2.24) is 13.7 Å². The van der Waals surface area contributed by atoms with Gasteiger partial charge in [0.2, 0.25) is 0 Å². The van der Waals surface area contributed by atoms with Crippen LogP contribution in [-0.4, -0.2) is 20.8 Å². The van der Waals surface area contributed by atoms with Gasteiger partial charge in [-0.05, 0) is 36.8 Å². The molecule has 1 unspecified atom stereocenters. The van der Waals surface area contributed by atoms with Crippen LogP contribution >= 0.6 is 0 Å². The third-order valence-electron chi connectivity index (χ3n) is 7.07. The first-order valence-corrected chi connectivity index (χ1v) is 11.8. The van der Waals surface area contributed by atoms with Gasteiger partial charge in [0.25, 0.3) is 5.56 Å². The maximum absolute atomic E-state index is 13.8. The SMILES string of the molecule is COc1ccccc1C1Nc2ccccc2-n2c(-c3cccc(C)c3)c3c(=O)n(C)c(=O)n(C)c3c21. The Labute approximate surface area is 207 Å². The highest BCUT2D eigenvalue weighted by molar-refractivity contribution is 5.99. The van der Waals surface area contributed by atoms with Gasteiger partial charge in [-0.1, -0.05) is 54.1 Å². The van der Waals surface area contributed by atoms with Crippen molar-refractivity contribution in [3.8, 4) is 22.7 Å². The molecule has 180 valence electrons. The predicted octanol–water partition coefficient (Wildman–Crippen LogP) is 4.53. The average Bonchev–Trinajstić information content (AvgIpc) is 3.27. The predicted molar refractivity (Wildman–Crippen MR) is 142 cm³/mol. The molecule has 2 aromatic heterocycles. The van der Waals surface area contributed by atoms with Crippen molar-refractivity contribution in [1.29, 1.82) is 0 Å². The molecule has 5 aromatic rings. The monoisotopic (exact) mass is 478 g/mol. The van der Waals surface area contributed by atoms with E-state index in [1.807, 2.05) is 73.7 Å². The number of ether oxygens (including phenoxy) is 1. The van der Waals surface area contributed by atoms with Gasteiger partial charge in [-0.25, -0.2) is 4.79 Å². The molecule has 0 saturated carbocycles. The molecule has 3 aromatic carbocycles. The third-order valence-corrected chi connectivity index (χ3v) is 7.07. The zero-order chi connectivity index (χ0) is 25.1. The lowest BCUT2D eigenvalue weighted by atomic mass is 9.98. The summed E-state index contributed by atoms with van der Waals surface area (Å²) < 4.78 is 10.6. The first kappa shape index (κ1) is 22.0. The fraction of sp³-hybridized carbons (Fsp3) is 0.172. The number of methoxy groups -OCH3 is 1. The number of aromatic nitrogens is 3. The number of hydrogen-bond donors (Lipinski definition) is 1. The third kappa shape index (κ3) is 2.99. The Morgan fingerprint density at radius 1 is 0.889 bits per heavy atom. The van der Waals surface area contributed by atoms with E-state index < -0.39 is 0 Å². The molecular formula is C29H26N4O3. The van der Waals surface area contributed by atoms with E-state index in [1.165, 1.54) is 11.6 Å². The number of fused-ring (bicyclic) bond motifs is 5. The Hall–Kier alpha value is -4.52. The van der Waals surface area contributed by atoms with E-state index in [9.17, 15) is 9.59 Å². The van der Waals surface area contributed by atoms with Crippen LogP contribution in [0.5, 0.6) is 5.75 Å². The minimum atomic E-state index is -0.366. The van der Waals surface area contributed by atoms with Gasteiger partial charge in [0.15, 0.2) is 0 Å². The molecule has 7 nitrogen and oxygen atoms in total. The molecule has 1 aliphatic rings. The van der Waals surface area contributed by atoms with Gasteiger partial charge in [-0.2, -0.15) is 0 Å². The normalized spacial score (nSPS) is 14.3. The summed E-state index contributed by atoms with van der Waals surface area (Å²) in [6.45, 7) is 2.03. The largest absolute Gasteiger partial charge is 0.496 e. The molecule has 0 fully saturated rings. The number of nitrogens with one attached hydrogen (secondary N) is 1. The summed E-state index contributed by atoms with van der Waals surface area (Å²) in [7, 11) is 4.91. The van der Waals surface area contributed by atoms with Crippen molar-refractivity contribution >= 4 is 16.6 Å². The second-order valence-electron chi connectivity index (χ2n) is 9.20. The average molecular weight is 479 g/mol. The van der Waals surface area contributed by atoms with E-state index in [4.69, 9.17) is 4.74 Å². The topological polar surface area (TPSA) is 70.2 Å². The van der Waals surface area contributed by atoms with E-state index in [1.54, 1.807) is 18.7 Å². The van der Waals surface area contributed by atoms with E-state index >= 15 is 0 Å². The maximum Gasteiger partial charge on any atom is 0.331 e. The Morgan fingerprint density at radius 2 is 1.64 bits per heavy atom. The first-order valence-electron chi connectivity index (χ1n) is 11.8. The highest BCUT2D eigenvalue weighted by Crippen LogP contribution is 2.46. The van der Waals surface area contributed by atoms with Gasteiger partial charge >= 0.3 is 5.69 Å².